The van der Waals surface area contributed by atoms with Crippen LogP contribution in [0.4, 0.5) is 4.39 Å². The van der Waals surface area contributed by atoms with Gasteiger partial charge in [0.05, 0.1) is 6.54 Å². The maximum Gasteiger partial charge on any atom is 0.191 e. The lowest BCUT2D eigenvalue weighted by Gasteiger charge is -2.11. The van der Waals surface area contributed by atoms with E-state index in [9.17, 15) is 4.39 Å². The Morgan fingerprint density at radius 3 is 2.70 bits per heavy atom. The van der Waals surface area contributed by atoms with Crippen molar-refractivity contribution in [3.05, 3.63) is 47.8 Å². The third-order valence-corrected chi connectivity index (χ3v) is 2.85. The van der Waals surface area contributed by atoms with E-state index in [1.165, 1.54) is 12.4 Å². The summed E-state index contributed by atoms with van der Waals surface area (Å²) in [6.07, 6.45) is 1.49. The molecule has 0 atom stereocenters. The van der Waals surface area contributed by atoms with Gasteiger partial charge in [0.1, 0.15) is 18.0 Å². The van der Waals surface area contributed by atoms with Crippen molar-refractivity contribution in [2.45, 2.75) is 13.1 Å². The molecular formula is C13H17FN6. The average Bonchev–Trinajstić information content (AvgIpc) is 2.86. The molecule has 0 aliphatic carbocycles. The predicted molar refractivity (Wildman–Crippen MR) is 74.4 cm³/mol. The quantitative estimate of drug-likeness (QED) is 0.641. The Kier molecular flexibility index (Phi) is 4.65. The number of hydrogen-bond donors (Lipinski definition) is 2. The second kappa shape index (κ2) is 6.65. The minimum absolute atomic E-state index is 0.233. The number of rotatable bonds is 4. The van der Waals surface area contributed by atoms with Crippen LogP contribution in [-0.2, 0) is 20.1 Å². The summed E-state index contributed by atoms with van der Waals surface area (Å²) in [6, 6.07) is 6.64. The van der Waals surface area contributed by atoms with Crippen LogP contribution in [0.1, 0.15) is 11.4 Å². The molecule has 0 fully saturated rings. The molecule has 0 spiro atoms. The second-order valence-corrected chi connectivity index (χ2v) is 4.17. The monoisotopic (exact) mass is 276 g/mol. The highest BCUT2D eigenvalue weighted by Gasteiger charge is 2.04. The molecule has 0 bridgehead atoms. The predicted octanol–water partition coefficient (Wildman–Crippen LogP) is 0.819. The van der Waals surface area contributed by atoms with E-state index in [4.69, 9.17) is 0 Å². The molecule has 2 aromatic rings. The highest BCUT2D eigenvalue weighted by molar-refractivity contribution is 5.79. The van der Waals surface area contributed by atoms with Crippen molar-refractivity contribution in [2.75, 3.05) is 7.05 Å². The number of nitrogens with one attached hydrogen (secondary N) is 2. The van der Waals surface area contributed by atoms with Crippen LogP contribution >= 0.6 is 0 Å². The van der Waals surface area contributed by atoms with Crippen LogP contribution in [0.2, 0.25) is 0 Å². The third-order valence-electron chi connectivity index (χ3n) is 2.85. The van der Waals surface area contributed by atoms with Crippen LogP contribution in [0.3, 0.4) is 0 Å². The van der Waals surface area contributed by atoms with E-state index < -0.39 is 0 Å². The van der Waals surface area contributed by atoms with E-state index in [0.29, 0.717) is 24.6 Å². The number of aromatic nitrogens is 3. The zero-order chi connectivity index (χ0) is 14.4. The van der Waals surface area contributed by atoms with Crippen molar-refractivity contribution in [3.8, 4) is 0 Å². The molecule has 7 heteroatoms. The molecule has 2 rings (SSSR count). The van der Waals surface area contributed by atoms with Gasteiger partial charge in [-0.05, 0) is 6.07 Å². The Morgan fingerprint density at radius 1 is 1.30 bits per heavy atom. The maximum atomic E-state index is 13.5. The molecule has 1 aromatic heterocycles. The van der Waals surface area contributed by atoms with Crippen molar-refractivity contribution in [1.29, 1.82) is 0 Å². The first-order valence-corrected chi connectivity index (χ1v) is 6.21. The van der Waals surface area contributed by atoms with Gasteiger partial charge in [0.2, 0.25) is 0 Å². The third kappa shape index (κ3) is 3.53. The van der Waals surface area contributed by atoms with Crippen molar-refractivity contribution in [1.82, 2.24) is 25.4 Å². The fourth-order valence-electron chi connectivity index (χ4n) is 1.68. The Morgan fingerprint density at radius 2 is 2.05 bits per heavy atom. The molecule has 20 heavy (non-hydrogen) atoms. The molecule has 0 radical (unpaired) electrons. The minimum Gasteiger partial charge on any atom is -0.352 e. The van der Waals surface area contributed by atoms with Crippen molar-refractivity contribution in [2.24, 2.45) is 12.0 Å². The van der Waals surface area contributed by atoms with Crippen LogP contribution in [0.25, 0.3) is 0 Å². The zero-order valence-electron chi connectivity index (χ0n) is 11.5. The smallest absolute Gasteiger partial charge is 0.191 e. The fourth-order valence-corrected chi connectivity index (χ4v) is 1.68. The van der Waals surface area contributed by atoms with Gasteiger partial charge in [0.15, 0.2) is 5.96 Å². The number of aliphatic imine (C=N–C) groups is 1. The number of guanidine groups is 1. The molecule has 106 valence electrons. The van der Waals surface area contributed by atoms with Gasteiger partial charge in [0.25, 0.3) is 0 Å². The molecule has 0 saturated heterocycles. The number of halogens is 1. The van der Waals surface area contributed by atoms with E-state index >= 15 is 0 Å². The Balaban J connectivity index is 1.87. The van der Waals surface area contributed by atoms with Crippen LogP contribution in [0, 0.1) is 5.82 Å². The average molecular weight is 276 g/mol. The first-order chi connectivity index (χ1) is 9.70. The summed E-state index contributed by atoms with van der Waals surface area (Å²) >= 11 is 0. The van der Waals surface area contributed by atoms with Crippen LogP contribution < -0.4 is 10.6 Å². The molecule has 2 N–H and O–H groups in total. The molecule has 0 aliphatic heterocycles. The molecule has 0 aliphatic rings. The molecule has 6 nitrogen and oxygen atoms in total. The zero-order valence-corrected chi connectivity index (χ0v) is 11.5. The lowest BCUT2D eigenvalue weighted by atomic mass is 10.2. The van der Waals surface area contributed by atoms with Gasteiger partial charge < -0.3 is 10.6 Å². The first-order valence-electron chi connectivity index (χ1n) is 6.21. The van der Waals surface area contributed by atoms with Crippen molar-refractivity contribution in [3.63, 3.8) is 0 Å². The lowest BCUT2D eigenvalue weighted by Crippen LogP contribution is -2.37. The molecular weight excluding hydrogens is 259 g/mol. The van der Waals surface area contributed by atoms with Gasteiger partial charge >= 0.3 is 0 Å². The van der Waals surface area contributed by atoms with Gasteiger partial charge in [-0.25, -0.2) is 9.37 Å². The fraction of sp³-hybridized carbons (Fsp3) is 0.308. The summed E-state index contributed by atoms with van der Waals surface area (Å²) in [5, 5.41) is 10.1. The normalized spacial score (nSPS) is 11.4. The topological polar surface area (TPSA) is 67.1 Å². The minimum atomic E-state index is -0.233. The van der Waals surface area contributed by atoms with E-state index in [1.54, 1.807) is 29.9 Å². The van der Waals surface area contributed by atoms with E-state index in [-0.39, 0.29) is 5.82 Å². The highest BCUT2D eigenvalue weighted by atomic mass is 19.1. The van der Waals surface area contributed by atoms with Gasteiger partial charge in [0, 0.05) is 26.2 Å². The molecule has 1 heterocycles. The second-order valence-electron chi connectivity index (χ2n) is 4.17. The number of hydrogen-bond acceptors (Lipinski definition) is 3. The van der Waals surface area contributed by atoms with Crippen LogP contribution in [-0.4, -0.2) is 27.8 Å². The Labute approximate surface area is 116 Å². The summed E-state index contributed by atoms with van der Waals surface area (Å²) in [5.74, 6) is 1.14. The standard InChI is InChI=1S/C13H17FN6/c1-15-13(17-8-12-18-9-19-20(12)2)16-7-10-5-3-4-6-11(10)14/h3-6,9H,7-8H2,1-2H3,(H2,15,16,17). The van der Waals surface area contributed by atoms with E-state index in [2.05, 4.69) is 25.7 Å². The SMILES string of the molecule is CN=C(NCc1ccccc1F)NCc1ncnn1C. The van der Waals surface area contributed by atoms with Gasteiger partial charge in [-0.15, -0.1) is 0 Å². The number of aryl methyl sites for hydroxylation is 1. The van der Waals surface area contributed by atoms with Gasteiger partial charge in [-0.3, -0.25) is 9.67 Å². The highest BCUT2D eigenvalue weighted by Crippen LogP contribution is 2.05. The molecule has 0 saturated carbocycles. The maximum absolute atomic E-state index is 13.5. The van der Waals surface area contributed by atoms with E-state index in [1.807, 2.05) is 7.05 Å². The summed E-state index contributed by atoms with van der Waals surface area (Å²) in [4.78, 5) is 8.18. The lowest BCUT2D eigenvalue weighted by molar-refractivity contribution is 0.604. The Hall–Kier alpha value is -2.44. The van der Waals surface area contributed by atoms with Crippen molar-refractivity contribution >= 4 is 5.96 Å². The summed E-state index contributed by atoms with van der Waals surface area (Å²) in [7, 11) is 3.48. The Bertz CT molecular complexity index is 592. The number of nitrogens with zero attached hydrogens (tertiary/aromatic N) is 4. The first kappa shape index (κ1) is 14.0. The van der Waals surface area contributed by atoms with E-state index in [0.717, 1.165) is 5.82 Å². The van der Waals surface area contributed by atoms with Crippen molar-refractivity contribution < 1.29 is 4.39 Å². The molecule has 1 aromatic carbocycles. The van der Waals surface area contributed by atoms with Gasteiger partial charge in [-0.2, -0.15) is 5.10 Å². The number of benzene rings is 1. The largest absolute Gasteiger partial charge is 0.352 e. The summed E-state index contributed by atoms with van der Waals surface area (Å²) in [6.45, 7) is 0.860. The van der Waals surface area contributed by atoms with Crippen LogP contribution in [0.15, 0.2) is 35.6 Å². The summed E-state index contributed by atoms with van der Waals surface area (Å²) in [5.41, 5.74) is 0.592. The van der Waals surface area contributed by atoms with Crippen LogP contribution in [0.5, 0.6) is 0 Å². The molecule has 0 unspecified atom stereocenters. The molecule has 0 amide bonds. The van der Waals surface area contributed by atoms with Gasteiger partial charge in [-0.1, -0.05) is 18.2 Å². The summed E-state index contributed by atoms with van der Waals surface area (Å²) < 4.78 is 15.2.